The van der Waals surface area contributed by atoms with Crippen LogP contribution in [0.1, 0.15) is 33.1 Å². The fourth-order valence-corrected chi connectivity index (χ4v) is 1.32. The molecule has 1 saturated heterocycles. The molecule has 1 rings (SSSR count). The molecule has 0 bridgehead atoms. The van der Waals surface area contributed by atoms with E-state index in [2.05, 4.69) is 20.3 Å². The SMILES string of the molecule is CC[CH]C1(CC)CCO1. The van der Waals surface area contributed by atoms with Crippen molar-refractivity contribution in [2.45, 2.75) is 38.7 Å². The molecular weight excluding hydrogens is 112 g/mol. The molecule has 0 N–H and O–H groups in total. The Morgan fingerprint density at radius 3 is 2.33 bits per heavy atom. The van der Waals surface area contributed by atoms with Gasteiger partial charge in [-0.2, -0.15) is 0 Å². The third-order valence-electron chi connectivity index (χ3n) is 2.09. The van der Waals surface area contributed by atoms with E-state index in [1.807, 2.05) is 0 Å². The van der Waals surface area contributed by atoms with Crippen LogP contribution < -0.4 is 0 Å². The van der Waals surface area contributed by atoms with E-state index in [1.165, 1.54) is 6.42 Å². The first kappa shape index (κ1) is 7.07. The molecule has 1 aliphatic rings. The molecule has 0 aromatic rings. The highest BCUT2D eigenvalue weighted by Crippen LogP contribution is 2.33. The lowest BCUT2D eigenvalue weighted by atomic mass is 9.87. The average Bonchev–Trinajstić information content (AvgIpc) is 1.79. The lowest BCUT2D eigenvalue weighted by Crippen LogP contribution is -2.43. The van der Waals surface area contributed by atoms with Crippen LogP contribution in [0.2, 0.25) is 0 Å². The Morgan fingerprint density at radius 1 is 1.56 bits per heavy atom. The van der Waals surface area contributed by atoms with E-state index >= 15 is 0 Å². The predicted octanol–water partition coefficient (Wildman–Crippen LogP) is 2.17. The van der Waals surface area contributed by atoms with Crippen LogP contribution in [-0.4, -0.2) is 12.2 Å². The molecule has 53 valence electrons. The molecule has 0 aromatic carbocycles. The van der Waals surface area contributed by atoms with Crippen LogP contribution in [0.5, 0.6) is 0 Å². The highest BCUT2D eigenvalue weighted by molar-refractivity contribution is 4.97. The Kier molecular flexibility index (Phi) is 2.12. The zero-order valence-corrected chi connectivity index (χ0v) is 6.31. The van der Waals surface area contributed by atoms with E-state index in [0.29, 0.717) is 0 Å². The fourth-order valence-electron chi connectivity index (χ4n) is 1.32. The van der Waals surface area contributed by atoms with Crippen molar-refractivity contribution >= 4 is 0 Å². The minimum Gasteiger partial charge on any atom is -0.375 e. The normalized spacial score (nSPS) is 34.0. The first-order chi connectivity index (χ1) is 4.33. The number of rotatable bonds is 3. The summed E-state index contributed by atoms with van der Waals surface area (Å²) in [6.07, 6.45) is 5.79. The van der Waals surface area contributed by atoms with Crippen molar-refractivity contribution in [2.75, 3.05) is 6.61 Å². The van der Waals surface area contributed by atoms with E-state index < -0.39 is 0 Å². The van der Waals surface area contributed by atoms with E-state index in [4.69, 9.17) is 4.74 Å². The van der Waals surface area contributed by atoms with Crippen LogP contribution in [-0.2, 0) is 4.74 Å². The summed E-state index contributed by atoms with van der Waals surface area (Å²) in [6.45, 7) is 5.31. The lowest BCUT2D eigenvalue weighted by molar-refractivity contribution is -0.126. The van der Waals surface area contributed by atoms with Crippen molar-refractivity contribution < 1.29 is 4.74 Å². The predicted molar refractivity (Wildman–Crippen MR) is 38.2 cm³/mol. The molecule has 1 aliphatic heterocycles. The Balaban J connectivity index is 2.28. The van der Waals surface area contributed by atoms with E-state index in [9.17, 15) is 0 Å². The molecule has 1 atom stereocenters. The summed E-state index contributed by atoms with van der Waals surface area (Å²) in [5.74, 6) is 0. The second kappa shape index (κ2) is 2.70. The van der Waals surface area contributed by atoms with Gasteiger partial charge in [0.15, 0.2) is 0 Å². The van der Waals surface area contributed by atoms with Crippen molar-refractivity contribution in [3.8, 4) is 0 Å². The molecular formula is C8H15O. The Labute approximate surface area is 57.4 Å². The first-order valence-electron chi connectivity index (χ1n) is 3.81. The summed E-state index contributed by atoms with van der Waals surface area (Å²) in [5.41, 5.74) is 0.189. The number of ether oxygens (including phenoxy) is 1. The van der Waals surface area contributed by atoms with Crippen LogP contribution in [0, 0.1) is 6.42 Å². The topological polar surface area (TPSA) is 9.23 Å². The molecule has 9 heavy (non-hydrogen) atoms. The van der Waals surface area contributed by atoms with Crippen LogP contribution >= 0.6 is 0 Å². The molecule has 0 spiro atoms. The van der Waals surface area contributed by atoms with Gasteiger partial charge in [0.1, 0.15) is 0 Å². The van der Waals surface area contributed by atoms with Gasteiger partial charge >= 0.3 is 0 Å². The van der Waals surface area contributed by atoms with Crippen molar-refractivity contribution in [1.29, 1.82) is 0 Å². The second-order valence-corrected chi connectivity index (χ2v) is 2.63. The fraction of sp³-hybridized carbons (Fsp3) is 0.875. The van der Waals surface area contributed by atoms with E-state index in [1.54, 1.807) is 0 Å². The summed E-state index contributed by atoms with van der Waals surface area (Å²) in [6, 6.07) is 0. The van der Waals surface area contributed by atoms with Gasteiger partial charge < -0.3 is 4.74 Å². The highest BCUT2D eigenvalue weighted by Gasteiger charge is 2.35. The third-order valence-corrected chi connectivity index (χ3v) is 2.09. The molecule has 1 heterocycles. The van der Waals surface area contributed by atoms with Gasteiger partial charge in [-0.1, -0.05) is 20.3 Å². The van der Waals surface area contributed by atoms with E-state index in [0.717, 1.165) is 19.4 Å². The molecule has 1 heteroatoms. The van der Waals surface area contributed by atoms with Gasteiger partial charge in [0, 0.05) is 6.42 Å². The Bertz CT molecular complexity index is 79.1. The average molecular weight is 127 g/mol. The van der Waals surface area contributed by atoms with Crippen LogP contribution in [0.3, 0.4) is 0 Å². The minimum absolute atomic E-state index is 0.189. The maximum Gasteiger partial charge on any atom is 0.0733 e. The standard InChI is InChI=1S/C8H15O/c1-3-5-8(4-2)6-7-9-8/h5H,3-4,6-7H2,1-2H3. The molecule has 0 aromatic heterocycles. The zero-order valence-electron chi connectivity index (χ0n) is 6.31. The van der Waals surface area contributed by atoms with Gasteiger partial charge in [0.2, 0.25) is 0 Å². The Hall–Kier alpha value is -0.0400. The maximum atomic E-state index is 5.45. The quantitative estimate of drug-likeness (QED) is 0.564. The van der Waals surface area contributed by atoms with Crippen LogP contribution in [0.4, 0.5) is 0 Å². The number of hydrogen-bond acceptors (Lipinski definition) is 1. The minimum atomic E-state index is 0.189. The maximum absolute atomic E-state index is 5.45. The Morgan fingerprint density at radius 2 is 2.22 bits per heavy atom. The van der Waals surface area contributed by atoms with Gasteiger partial charge in [0.05, 0.1) is 12.2 Å². The third kappa shape index (κ3) is 1.26. The van der Waals surface area contributed by atoms with Gasteiger partial charge in [-0.3, -0.25) is 0 Å². The van der Waals surface area contributed by atoms with Gasteiger partial charge in [-0.05, 0) is 12.8 Å². The number of hydrogen-bond donors (Lipinski definition) is 0. The molecule has 1 nitrogen and oxygen atoms in total. The molecule has 1 fully saturated rings. The van der Waals surface area contributed by atoms with Crippen LogP contribution in [0.15, 0.2) is 0 Å². The summed E-state index contributed by atoms with van der Waals surface area (Å²) in [7, 11) is 0. The summed E-state index contributed by atoms with van der Waals surface area (Å²) >= 11 is 0. The molecule has 1 radical (unpaired) electrons. The highest BCUT2D eigenvalue weighted by atomic mass is 16.5. The monoisotopic (exact) mass is 127 g/mol. The van der Waals surface area contributed by atoms with Gasteiger partial charge in [-0.15, -0.1) is 0 Å². The van der Waals surface area contributed by atoms with Crippen molar-refractivity contribution in [1.82, 2.24) is 0 Å². The second-order valence-electron chi connectivity index (χ2n) is 2.63. The summed E-state index contributed by atoms with van der Waals surface area (Å²) < 4.78 is 5.45. The van der Waals surface area contributed by atoms with Crippen molar-refractivity contribution in [3.63, 3.8) is 0 Å². The lowest BCUT2D eigenvalue weighted by Gasteiger charge is -2.41. The first-order valence-corrected chi connectivity index (χ1v) is 3.81. The van der Waals surface area contributed by atoms with Crippen LogP contribution in [0.25, 0.3) is 0 Å². The summed E-state index contributed by atoms with van der Waals surface area (Å²) in [4.78, 5) is 0. The van der Waals surface area contributed by atoms with Gasteiger partial charge in [0.25, 0.3) is 0 Å². The zero-order chi connectivity index (χ0) is 6.74. The summed E-state index contributed by atoms with van der Waals surface area (Å²) in [5, 5.41) is 0. The molecule has 1 unspecified atom stereocenters. The molecule has 0 amide bonds. The van der Waals surface area contributed by atoms with Gasteiger partial charge in [-0.25, -0.2) is 0 Å². The van der Waals surface area contributed by atoms with E-state index in [-0.39, 0.29) is 5.60 Å². The molecule has 0 saturated carbocycles. The smallest absolute Gasteiger partial charge is 0.0733 e. The largest absolute Gasteiger partial charge is 0.375 e. The molecule has 0 aliphatic carbocycles. The van der Waals surface area contributed by atoms with Crippen molar-refractivity contribution in [2.24, 2.45) is 0 Å². The van der Waals surface area contributed by atoms with Crippen molar-refractivity contribution in [3.05, 3.63) is 6.42 Å².